The van der Waals surface area contributed by atoms with Gasteiger partial charge in [-0.15, -0.1) is 34.2 Å². The lowest BCUT2D eigenvalue weighted by Gasteiger charge is -2.17. The first-order valence-electron chi connectivity index (χ1n) is 10.6. The molecule has 7 heteroatoms. The highest BCUT2D eigenvalue weighted by molar-refractivity contribution is 14.0. The molecule has 1 aliphatic heterocycles. The summed E-state index contributed by atoms with van der Waals surface area (Å²) >= 11 is 0. The van der Waals surface area contributed by atoms with E-state index in [4.69, 9.17) is 0 Å². The summed E-state index contributed by atoms with van der Waals surface area (Å²) in [6.45, 7) is 7.19. The van der Waals surface area contributed by atoms with Crippen molar-refractivity contribution in [1.82, 2.24) is 25.4 Å². The summed E-state index contributed by atoms with van der Waals surface area (Å²) in [4.78, 5) is 4.35. The van der Waals surface area contributed by atoms with Gasteiger partial charge in [-0.05, 0) is 37.7 Å². The smallest absolute Gasteiger partial charge is 0.190 e. The fourth-order valence-corrected chi connectivity index (χ4v) is 3.75. The van der Waals surface area contributed by atoms with E-state index >= 15 is 0 Å². The van der Waals surface area contributed by atoms with Gasteiger partial charge in [-0.1, -0.05) is 43.2 Å². The molecule has 1 aliphatic rings. The molecule has 160 valence electrons. The molecule has 0 amide bonds. The molecule has 0 radical (unpaired) electrons. The van der Waals surface area contributed by atoms with Gasteiger partial charge in [0.05, 0.1) is 0 Å². The predicted molar refractivity (Wildman–Crippen MR) is 130 cm³/mol. The largest absolute Gasteiger partial charge is 0.356 e. The molecular weight excluding hydrogens is 475 g/mol. The van der Waals surface area contributed by atoms with Gasteiger partial charge in [0, 0.05) is 39.5 Å². The van der Waals surface area contributed by atoms with Crippen LogP contribution in [0, 0.1) is 6.92 Å². The molecule has 6 nitrogen and oxygen atoms in total. The molecule has 0 saturated carbocycles. The molecule has 3 rings (SSSR count). The van der Waals surface area contributed by atoms with E-state index in [9.17, 15) is 0 Å². The minimum atomic E-state index is 0. The molecule has 0 fully saturated rings. The lowest BCUT2D eigenvalue weighted by Crippen LogP contribution is -2.39. The van der Waals surface area contributed by atoms with E-state index in [1.54, 1.807) is 0 Å². The minimum Gasteiger partial charge on any atom is -0.356 e. The second kappa shape index (κ2) is 12.1. The number of nitrogens with zero attached hydrogens (tertiary/aromatic N) is 4. The first kappa shape index (κ1) is 23.6. The van der Waals surface area contributed by atoms with Crippen LogP contribution in [0.4, 0.5) is 0 Å². The zero-order valence-corrected chi connectivity index (χ0v) is 20.3. The number of nitrogens with one attached hydrogen (secondary N) is 2. The van der Waals surface area contributed by atoms with Gasteiger partial charge in [0.2, 0.25) is 0 Å². The summed E-state index contributed by atoms with van der Waals surface area (Å²) in [5.41, 5.74) is 2.66. The Hall–Kier alpha value is -1.64. The maximum atomic E-state index is 4.42. The summed E-state index contributed by atoms with van der Waals surface area (Å²) < 4.78 is 2.34. The van der Waals surface area contributed by atoms with E-state index in [0.717, 1.165) is 50.7 Å². The lowest BCUT2D eigenvalue weighted by atomic mass is 9.99. The molecule has 2 heterocycles. The van der Waals surface area contributed by atoms with Crippen molar-refractivity contribution in [2.24, 2.45) is 4.99 Å². The first-order valence-corrected chi connectivity index (χ1v) is 10.6. The van der Waals surface area contributed by atoms with Crippen molar-refractivity contribution in [1.29, 1.82) is 0 Å². The van der Waals surface area contributed by atoms with Crippen LogP contribution in [0.2, 0.25) is 0 Å². The summed E-state index contributed by atoms with van der Waals surface area (Å²) in [6.07, 6.45) is 6.83. The number of halogens is 1. The SMILES string of the molecule is CN=C(NCCCc1nnc2n1CCCCC2)NCC(C)c1cccc(C)c1.I. The number of rotatable bonds is 7. The Morgan fingerprint density at radius 1 is 1.21 bits per heavy atom. The number of fused-ring (bicyclic) bond motifs is 1. The number of benzene rings is 1. The maximum Gasteiger partial charge on any atom is 0.190 e. The Balaban J connectivity index is 0.00000300. The predicted octanol–water partition coefficient (Wildman–Crippen LogP) is 3.83. The zero-order valence-electron chi connectivity index (χ0n) is 17.9. The quantitative estimate of drug-likeness (QED) is 0.257. The molecule has 0 aliphatic carbocycles. The van der Waals surface area contributed by atoms with Crippen molar-refractivity contribution in [2.45, 2.75) is 64.8 Å². The van der Waals surface area contributed by atoms with Gasteiger partial charge in [0.25, 0.3) is 0 Å². The van der Waals surface area contributed by atoms with Crippen LogP contribution in [0.5, 0.6) is 0 Å². The second-order valence-electron chi connectivity index (χ2n) is 7.79. The van der Waals surface area contributed by atoms with Gasteiger partial charge in [0.1, 0.15) is 11.6 Å². The van der Waals surface area contributed by atoms with Crippen LogP contribution >= 0.6 is 24.0 Å². The van der Waals surface area contributed by atoms with Gasteiger partial charge in [-0.3, -0.25) is 4.99 Å². The number of aliphatic imine (C=N–C) groups is 1. The monoisotopic (exact) mass is 510 g/mol. The number of hydrogen-bond acceptors (Lipinski definition) is 3. The van der Waals surface area contributed by atoms with E-state index in [0.29, 0.717) is 5.92 Å². The third-order valence-corrected chi connectivity index (χ3v) is 5.47. The van der Waals surface area contributed by atoms with Gasteiger partial charge in [0.15, 0.2) is 5.96 Å². The Kier molecular flexibility index (Phi) is 9.90. The number of aryl methyl sites for hydroxylation is 3. The molecule has 1 aromatic heterocycles. The van der Waals surface area contributed by atoms with E-state index in [-0.39, 0.29) is 24.0 Å². The average Bonchev–Trinajstić information content (AvgIpc) is 2.93. The van der Waals surface area contributed by atoms with Crippen LogP contribution < -0.4 is 10.6 Å². The number of hydrogen-bond donors (Lipinski definition) is 2. The molecular formula is C22H35IN6. The van der Waals surface area contributed by atoms with Crippen LogP contribution in [0.1, 0.15) is 61.3 Å². The van der Waals surface area contributed by atoms with E-state index in [1.165, 1.54) is 36.2 Å². The van der Waals surface area contributed by atoms with Crippen LogP contribution in [-0.4, -0.2) is 40.9 Å². The van der Waals surface area contributed by atoms with Crippen LogP contribution in [-0.2, 0) is 19.4 Å². The summed E-state index contributed by atoms with van der Waals surface area (Å²) in [5.74, 6) is 3.60. The van der Waals surface area contributed by atoms with Crippen LogP contribution in [0.25, 0.3) is 0 Å². The summed E-state index contributed by atoms with van der Waals surface area (Å²) in [7, 11) is 1.82. The fraction of sp³-hybridized carbons (Fsp3) is 0.591. The Morgan fingerprint density at radius 2 is 2.07 bits per heavy atom. The molecule has 29 heavy (non-hydrogen) atoms. The average molecular weight is 510 g/mol. The third kappa shape index (κ3) is 6.97. The van der Waals surface area contributed by atoms with E-state index in [1.807, 2.05) is 7.05 Å². The molecule has 1 aromatic carbocycles. The van der Waals surface area contributed by atoms with Crippen molar-refractivity contribution >= 4 is 29.9 Å². The van der Waals surface area contributed by atoms with Gasteiger partial charge < -0.3 is 15.2 Å². The standard InChI is InChI=1S/C22H34N6.HI/c1-17-9-7-10-19(15-17)18(2)16-25-22(23-3)24-13-8-12-21-27-26-20-11-5-4-6-14-28(20)21;/h7,9-10,15,18H,4-6,8,11-14,16H2,1-3H3,(H2,23,24,25);1H. The molecule has 2 N–H and O–H groups in total. The van der Waals surface area contributed by atoms with E-state index < -0.39 is 0 Å². The molecule has 0 bridgehead atoms. The highest BCUT2D eigenvalue weighted by Crippen LogP contribution is 2.16. The van der Waals surface area contributed by atoms with Crippen molar-refractivity contribution in [3.05, 3.63) is 47.0 Å². The highest BCUT2D eigenvalue weighted by atomic mass is 127. The first-order chi connectivity index (χ1) is 13.7. The highest BCUT2D eigenvalue weighted by Gasteiger charge is 2.14. The Bertz CT molecular complexity index is 785. The van der Waals surface area contributed by atoms with Crippen LogP contribution in [0.15, 0.2) is 29.3 Å². The molecule has 2 aromatic rings. The van der Waals surface area contributed by atoms with Crippen LogP contribution in [0.3, 0.4) is 0 Å². The van der Waals surface area contributed by atoms with E-state index in [2.05, 4.69) is 68.5 Å². The van der Waals surface area contributed by atoms with Crippen molar-refractivity contribution in [3.8, 4) is 0 Å². The molecule has 0 saturated heterocycles. The van der Waals surface area contributed by atoms with Gasteiger partial charge >= 0.3 is 0 Å². The van der Waals surface area contributed by atoms with Crippen molar-refractivity contribution in [3.63, 3.8) is 0 Å². The molecule has 1 atom stereocenters. The molecule has 1 unspecified atom stereocenters. The Labute approximate surface area is 192 Å². The molecule has 0 spiro atoms. The topological polar surface area (TPSA) is 67.1 Å². The number of aromatic nitrogens is 3. The third-order valence-electron chi connectivity index (χ3n) is 5.47. The van der Waals surface area contributed by atoms with Crippen molar-refractivity contribution < 1.29 is 0 Å². The van der Waals surface area contributed by atoms with Gasteiger partial charge in [-0.25, -0.2) is 0 Å². The Morgan fingerprint density at radius 3 is 2.86 bits per heavy atom. The second-order valence-corrected chi connectivity index (χ2v) is 7.79. The zero-order chi connectivity index (χ0) is 19.8. The minimum absolute atomic E-state index is 0. The summed E-state index contributed by atoms with van der Waals surface area (Å²) in [6, 6.07) is 8.71. The summed E-state index contributed by atoms with van der Waals surface area (Å²) in [5, 5.41) is 15.7. The van der Waals surface area contributed by atoms with Crippen molar-refractivity contribution in [2.75, 3.05) is 20.1 Å². The fourth-order valence-electron chi connectivity index (χ4n) is 3.75. The normalized spacial score (nSPS) is 15.1. The van der Waals surface area contributed by atoms with Gasteiger partial charge in [-0.2, -0.15) is 0 Å². The maximum absolute atomic E-state index is 4.42. The lowest BCUT2D eigenvalue weighted by molar-refractivity contribution is 0.593. The number of guanidine groups is 1.